The fraction of sp³-hybridized carbons (Fsp3) is 0.125. The molecule has 0 unspecified atom stereocenters. The molecule has 0 spiro atoms. The summed E-state index contributed by atoms with van der Waals surface area (Å²) in [5, 5.41) is 11.7. The number of ether oxygens (including phenoxy) is 1. The van der Waals surface area contributed by atoms with Crippen molar-refractivity contribution in [3.05, 3.63) is 95.1 Å². The molecule has 0 heterocycles. The molecule has 6 nitrogen and oxygen atoms in total. The maximum Gasteiger partial charge on any atom is 0.255 e. The van der Waals surface area contributed by atoms with Gasteiger partial charge in [-0.3, -0.25) is 9.59 Å². The van der Waals surface area contributed by atoms with E-state index in [1.54, 1.807) is 79.7 Å². The summed E-state index contributed by atoms with van der Waals surface area (Å²) in [7, 11) is 3.29. The van der Waals surface area contributed by atoms with Gasteiger partial charge in [-0.05, 0) is 66.2 Å². The Labute approximate surface area is 175 Å². The van der Waals surface area contributed by atoms with Crippen molar-refractivity contribution in [2.24, 2.45) is 0 Å². The van der Waals surface area contributed by atoms with Crippen LogP contribution in [0.25, 0.3) is 0 Å². The number of benzene rings is 3. The van der Waals surface area contributed by atoms with Crippen LogP contribution in [0.15, 0.2) is 72.8 Å². The van der Waals surface area contributed by atoms with Gasteiger partial charge in [0.25, 0.3) is 11.8 Å². The molecule has 0 bridgehead atoms. The van der Waals surface area contributed by atoms with Crippen molar-refractivity contribution in [1.29, 1.82) is 5.26 Å². The lowest BCUT2D eigenvalue weighted by atomic mass is 10.1. The van der Waals surface area contributed by atoms with Gasteiger partial charge in [-0.25, -0.2) is 0 Å². The van der Waals surface area contributed by atoms with Gasteiger partial charge in [0.1, 0.15) is 5.75 Å². The minimum Gasteiger partial charge on any atom is -0.497 e. The van der Waals surface area contributed by atoms with E-state index in [2.05, 4.69) is 11.4 Å². The summed E-state index contributed by atoms with van der Waals surface area (Å²) in [6.45, 7) is 0.421. The Morgan fingerprint density at radius 1 is 0.933 bits per heavy atom. The fourth-order valence-electron chi connectivity index (χ4n) is 2.89. The standard InChI is InChI=1S/C24H21N3O3/c1-27(16-18-5-3-17(15-25)4-6-18)24(29)20-9-7-19(8-10-20)23(28)26-21-11-13-22(30-2)14-12-21/h3-14H,16H2,1-2H3,(H,26,28). The highest BCUT2D eigenvalue weighted by Crippen LogP contribution is 2.16. The van der Waals surface area contributed by atoms with Crippen LogP contribution in [0.4, 0.5) is 5.69 Å². The molecule has 0 saturated heterocycles. The molecule has 6 heteroatoms. The Hall–Kier alpha value is -4.11. The first-order valence-corrected chi connectivity index (χ1v) is 9.30. The normalized spacial score (nSPS) is 10.0. The van der Waals surface area contributed by atoms with Crippen molar-refractivity contribution in [3.8, 4) is 11.8 Å². The third kappa shape index (κ3) is 5.03. The number of methoxy groups -OCH3 is 1. The lowest BCUT2D eigenvalue weighted by molar-refractivity contribution is 0.0784. The van der Waals surface area contributed by atoms with Gasteiger partial charge in [0.05, 0.1) is 18.7 Å². The van der Waals surface area contributed by atoms with E-state index in [1.807, 2.05) is 12.1 Å². The van der Waals surface area contributed by atoms with Crippen LogP contribution in [0.5, 0.6) is 5.75 Å². The van der Waals surface area contributed by atoms with Crippen LogP contribution in [-0.4, -0.2) is 30.9 Å². The molecule has 3 aromatic rings. The van der Waals surface area contributed by atoms with Crippen LogP contribution in [0.3, 0.4) is 0 Å². The van der Waals surface area contributed by atoms with Crippen LogP contribution >= 0.6 is 0 Å². The molecule has 0 aliphatic rings. The Morgan fingerprint density at radius 3 is 2.10 bits per heavy atom. The van der Waals surface area contributed by atoms with Crippen molar-refractivity contribution < 1.29 is 14.3 Å². The monoisotopic (exact) mass is 399 g/mol. The molecule has 0 aliphatic heterocycles. The van der Waals surface area contributed by atoms with Gasteiger partial charge in [0.15, 0.2) is 0 Å². The number of nitrogens with zero attached hydrogens (tertiary/aromatic N) is 2. The minimum atomic E-state index is -0.259. The number of hydrogen-bond donors (Lipinski definition) is 1. The van der Waals surface area contributed by atoms with Crippen LogP contribution < -0.4 is 10.1 Å². The molecular weight excluding hydrogens is 378 g/mol. The number of nitrogens with one attached hydrogen (secondary N) is 1. The smallest absolute Gasteiger partial charge is 0.255 e. The first-order valence-electron chi connectivity index (χ1n) is 9.30. The summed E-state index contributed by atoms with van der Waals surface area (Å²) in [4.78, 5) is 26.7. The molecule has 1 N–H and O–H groups in total. The molecule has 3 rings (SSSR count). The SMILES string of the molecule is COc1ccc(NC(=O)c2ccc(C(=O)N(C)Cc3ccc(C#N)cc3)cc2)cc1. The van der Waals surface area contributed by atoms with E-state index in [4.69, 9.17) is 10.00 Å². The topological polar surface area (TPSA) is 82.4 Å². The first kappa shape index (κ1) is 20.6. The average molecular weight is 399 g/mol. The molecule has 3 aromatic carbocycles. The van der Waals surface area contributed by atoms with Gasteiger partial charge >= 0.3 is 0 Å². The van der Waals surface area contributed by atoms with Crippen LogP contribution in [0.2, 0.25) is 0 Å². The summed E-state index contributed by atoms with van der Waals surface area (Å²) in [5.74, 6) is 0.299. The number of nitriles is 1. The van der Waals surface area contributed by atoms with E-state index in [-0.39, 0.29) is 11.8 Å². The summed E-state index contributed by atoms with van der Waals surface area (Å²) in [6, 6.07) is 22.8. The molecule has 2 amide bonds. The van der Waals surface area contributed by atoms with Crippen molar-refractivity contribution >= 4 is 17.5 Å². The Balaban J connectivity index is 1.62. The molecule has 0 aromatic heterocycles. The second kappa shape index (κ2) is 9.39. The van der Waals surface area contributed by atoms with Crippen molar-refractivity contribution in [1.82, 2.24) is 4.90 Å². The maximum atomic E-state index is 12.7. The molecular formula is C24H21N3O3. The molecule has 0 fully saturated rings. The highest BCUT2D eigenvalue weighted by Gasteiger charge is 2.13. The zero-order chi connectivity index (χ0) is 21.5. The number of hydrogen-bond acceptors (Lipinski definition) is 4. The molecule has 0 atom stereocenters. The van der Waals surface area contributed by atoms with Gasteiger partial charge in [-0.2, -0.15) is 5.26 Å². The van der Waals surface area contributed by atoms with E-state index in [9.17, 15) is 9.59 Å². The molecule has 0 saturated carbocycles. The predicted octanol–water partition coefficient (Wildman–Crippen LogP) is 4.09. The zero-order valence-electron chi connectivity index (χ0n) is 16.8. The highest BCUT2D eigenvalue weighted by molar-refractivity contribution is 6.05. The van der Waals surface area contributed by atoms with Crippen LogP contribution in [-0.2, 0) is 6.54 Å². The largest absolute Gasteiger partial charge is 0.497 e. The van der Waals surface area contributed by atoms with Crippen LogP contribution in [0.1, 0.15) is 31.8 Å². The minimum absolute atomic E-state index is 0.151. The van der Waals surface area contributed by atoms with Gasteiger partial charge in [-0.15, -0.1) is 0 Å². The fourth-order valence-corrected chi connectivity index (χ4v) is 2.89. The summed E-state index contributed by atoms with van der Waals surface area (Å²) < 4.78 is 5.10. The maximum absolute atomic E-state index is 12.7. The Bertz CT molecular complexity index is 1070. The average Bonchev–Trinajstić information content (AvgIpc) is 2.79. The first-order chi connectivity index (χ1) is 14.5. The summed E-state index contributed by atoms with van der Waals surface area (Å²) in [5.41, 5.74) is 3.11. The number of carbonyl (C=O) groups excluding carboxylic acids is 2. The molecule has 0 aliphatic carbocycles. The number of anilines is 1. The Morgan fingerprint density at radius 2 is 1.53 bits per heavy atom. The molecule has 150 valence electrons. The van der Waals surface area contributed by atoms with Crippen molar-refractivity contribution in [2.75, 3.05) is 19.5 Å². The van der Waals surface area contributed by atoms with Gasteiger partial charge in [0, 0.05) is 30.4 Å². The van der Waals surface area contributed by atoms with Crippen LogP contribution in [0, 0.1) is 11.3 Å². The third-order valence-corrected chi connectivity index (χ3v) is 4.59. The van der Waals surface area contributed by atoms with E-state index < -0.39 is 0 Å². The van der Waals surface area contributed by atoms with Gasteiger partial charge < -0.3 is 15.0 Å². The van der Waals surface area contributed by atoms with E-state index >= 15 is 0 Å². The lowest BCUT2D eigenvalue weighted by Gasteiger charge is -2.17. The molecule has 30 heavy (non-hydrogen) atoms. The van der Waals surface area contributed by atoms with E-state index in [0.29, 0.717) is 34.7 Å². The predicted molar refractivity (Wildman–Crippen MR) is 114 cm³/mol. The van der Waals surface area contributed by atoms with Gasteiger partial charge in [0.2, 0.25) is 0 Å². The summed E-state index contributed by atoms with van der Waals surface area (Å²) in [6.07, 6.45) is 0. The number of carbonyl (C=O) groups is 2. The lowest BCUT2D eigenvalue weighted by Crippen LogP contribution is -2.26. The second-order valence-corrected chi connectivity index (χ2v) is 6.73. The third-order valence-electron chi connectivity index (χ3n) is 4.59. The van der Waals surface area contributed by atoms with E-state index in [1.165, 1.54) is 0 Å². The number of amides is 2. The highest BCUT2D eigenvalue weighted by atomic mass is 16.5. The summed E-state index contributed by atoms with van der Waals surface area (Å²) >= 11 is 0. The Kier molecular flexibility index (Phi) is 6.46. The quantitative estimate of drug-likeness (QED) is 0.677. The van der Waals surface area contributed by atoms with Crippen molar-refractivity contribution in [3.63, 3.8) is 0 Å². The van der Waals surface area contributed by atoms with Gasteiger partial charge in [-0.1, -0.05) is 12.1 Å². The zero-order valence-corrected chi connectivity index (χ0v) is 16.8. The van der Waals surface area contributed by atoms with Crippen molar-refractivity contribution in [2.45, 2.75) is 6.54 Å². The second-order valence-electron chi connectivity index (χ2n) is 6.73. The van der Waals surface area contributed by atoms with E-state index in [0.717, 1.165) is 5.56 Å². The number of rotatable bonds is 6. The molecule has 0 radical (unpaired) electrons.